The van der Waals surface area contributed by atoms with E-state index in [1.54, 1.807) is 0 Å². The molecule has 1 aromatic carbocycles. The number of rotatable bonds is 2. The summed E-state index contributed by atoms with van der Waals surface area (Å²) in [7, 11) is -4.89. The number of fused-ring (bicyclic) bond motifs is 3. The Kier molecular flexibility index (Phi) is 2.40. The van der Waals surface area contributed by atoms with E-state index in [4.69, 9.17) is 13.3 Å². The molecule has 0 saturated carbocycles. The first kappa shape index (κ1) is 12.4. The van der Waals surface area contributed by atoms with E-state index in [-0.39, 0.29) is 0 Å². The van der Waals surface area contributed by atoms with Crippen molar-refractivity contribution in [3.63, 3.8) is 0 Å². The Morgan fingerprint density at radius 2 is 2.00 bits per heavy atom. The standard InChI is InChI=1S/C12H20NO3PSi/c1-17(16-18(2,3)4)13(9-10-14-17)11-7-5-6-8-12(11)15-17/h5-8H,9-10H2,1-4H3. The van der Waals surface area contributed by atoms with Gasteiger partial charge < -0.3 is 0 Å². The summed E-state index contributed by atoms with van der Waals surface area (Å²) in [6.07, 6.45) is 0. The second-order valence-electron chi connectivity index (χ2n) is 5.94. The van der Waals surface area contributed by atoms with E-state index < -0.39 is 15.8 Å². The minimum absolute atomic E-state index is 0.674. The molecule has 2 heterocycles. The summed E-state index contributed by atoms with van der Waals surface area (Å²) in [6, 6.07) is 8.08. The van der Waals surface area contributed by atoms with Crippen LogP contribution in [0.2, 0.25) is 19.6 Å². The zero-order valence-electron chi connectivity index (χ0n) is 11.3. The van der Waals surface area contributed by atoms with E-state index in [0.717, 1.165) is 18.0 Å². The third-order valence-electron chi connectivity index (χ3n) is 3.15. The fraction of sp³-hybridized carbons (Fsp3) is 0.500. The van der Waals surface area contributed by atoms with Crippen LogP contribution in [0.1, 0.15) is 0 Å². The molecule has 0 aromatic heterocycles. The van der Waals surface area contributed by atoms with Gasteiger partial charge in [-0.2, -0.15) is 0 Å². The number of benzene rings is 1. The molecule has 0 bridgehead atoms. The van der Waals surface area contributed by atoms with Crippen molar-refractivity contribution >= 4 is 21.4 Å². The summed E-state index contributed by atoms with van der Waals surface area (Å²) in [5.74, 6) is 0.885. The molecule has 6 heteroatoms. The van der Waals surface area contributed by atoms with Crippen molar-refractivity contribution in [2.45, 2.75) is 19.6 Å². The van der Waals surface area contributed by atoms with Crippen molar-refractivity contribution in [3.8, 4) is 5.75 Å². The van der Waals surface area contributed by atoms with Crippen molar-refractivity contribution in [3.05, 3.63) is 24.3 Å². The van der Waals surface area contributed by atoms with Crippen LogP contribution in [0.15, 0.2) is 24.3 Å². The molecule has 0 amide bonds. The van der Waals surface area contributed by atoms with Gasteiger partial charge in [-0.15, -0.1) is 0 Å². The molecule has 18 heavy (non-hydrogen) atoms. The maximum absolute atomic E-state index is 6.43. The second-order valence-corrected chi connectivity index (χ2v) is 14.2. The van der Waals surface area contributed by atoms with Crippen LogP contribution in [0.5, 0.6) is 5.75 Å². The Hall–Kier alpha value is -0.613. The molecule has 4 nitrogen and oxygen atoms in total. The van der Waals surface area contributed by atoms with E-state index in [9.17, 15) is 0 Å². The molecule has 0 aliphatic carbocycles. The van der Waals surface area contributed by atoms with Gasteiger partial charge in [0.25, 0.3) is 0 Å². The summed E-state index contributed by atoms with van der Waals surface area (Å²) < 4.78 is 20.9. The first-order chi connectivity index (χ1) is 8.31. The normalized spacial score (nSPS) is 25.8. The molecular formula is C12H20NO3PSi. The van der Waals surface area contributed by atoms with Crippen LogP contribution in [-0.4, -0.2) is 28.1 Å². The molecule has 0 N–H and O–H groups in total. The summed E-state index contributed by atoms with van der Waals surface area (Å²) in [5, 5.41) is 0. The number of hydrogen-bond donors (Lipinski definition) is 0. The van der Waals surface area contributed by atoms with Gasteiger partial charge in [0, 0.05) is 0 Å². The summed E-state index contributed by atoms with van der Waals surface area (Å²) >= 11 is 0. The number of para-hydroxylation sites is 2. The Bertz CT molecular complexity index is 506. The maximum atomic E-state index is 6.43. The van der Waals surface area contributed by atoms with E-state index in [2.05, 4.69) is 30.4 Å². The number of nitrogens with zero attached hydrogens (tertiary/aromatic N) is 1. The Morgan fingerprint density at radius 3 is 2.72 bits per heavy atom. The Morgan fingerprint density at radius 1 is 1.28 bits per heavy atom. The van der Waals surface area contributed by atoms with Crippen LogP contribution in [-0.2, 0) is 8.74 Å². The predicted octanol–water partition coefficient (Wildman–Crippen LogP) is 3.61. The zero-order chi connectivity index (χ0) is 13.0. The van der Waals surface area contributed by atoms with E-state index in [1.807, 2.05) is 24.9 Å². The van der Waals surface area contributed by atoms with Gasteiger partial charge in [0.1, 0.15) is 0 Å². The van der Waals surface area contributed by atoms with E-state index in [0.29, 0.717) is 6.61 Å². The third-order valence-corrected chi connectivity index (χ3v) is 9.86. The van der Waals surface area contributed by atoms with Crippen LogP contribution in [0, 0.1) is 0 Å². The summed E-state index contributed by atoms with van der Waals surface area (Å²) in [5.41, 5.74) is 1.11. The predicted molar refractivity (Wildman–Crippen MR) is 77.6 cm³/mol. The Balaban J connectivity index is 2.08. The fourth-order valence-corrected chi connectivity index (χ4v) is 11.0. The zero-order valence-corrected chi connectivity index (χ0v) is 13.2. The number of hydrogen-bond acceptors (Lipinski definition) is 4. The van der Waals surface area contributed by atoms with Gasteiger partial charge in [0.05, 0.1) is 0 Å². The molecule has 1 aromatic rings. The fourth-order valence-electron chi connectivity index (χ4n) is 2.75. The average molecular weight is 285 g/mol. The van der Waals surface area contributed by atoms with Crippen LogP contribution >= 0.6 is 7.43 Å². The van der Waals surface area contributed by atoms with Crippen molar-refractivity contribution in [2.24, 2.45) is 0 Å². The van der Waals surface area contributed by atoms with Gasteiger partial charge in [-0.05, 0) is 0 Å². The van der Waals surface area contributed by atoms with Crippen LogP contribution in [0.4, 0.5) is 5.69 Å². The molecule has 1 fully saturated rings. The van der Waals surface area contributed by atoms with Crippen molar-refractivity contribution in [1.29, 1.82) is 0 Å². The van der Waals surface area contributed by atoms with Crippen molar-refractivity contribution < 1.29 is 13.3 Å². The van der Waals surface area contributed by atoms with Gasteiger partial charge >= 0.3 is 109 Å². The molecule has 0 atom stereocenters. The van der Waals surface area contributed by atoms with Gasteiger partial charge in [0.2, 0.25) is 0 Å². The minimum atomic E-state index is -3.13. The van der Waals surface area contributed by atoms with Gasteiger partial charge in [-0.3, -0.25) is 0 Å². The SMILES string of the molecule is C[Si](C)(C)OP12(C)OCCN1c1ccccc1O2. The van der Waals surface area contributed by atoms with Gasteiger partial charge in [0.15, 0.2) is 0 Å². The van der Waals surface area contributed by atoms with Crippen LogP contribution in [0.25, 0.3) is 0 Å². The Labute approximate surface area is 109 Å². The quantitative estimate of drug-likeness (QED) is 0.613. The first-order valence-electron chi connectivity index (χ1n) is 6.26. The van der Waals surface area contributed by atoms with Gasteiger partial charge in [-0.1, -0.05) is 0 Å². The summed E-state index contributed by atoms with van der Waals surface area (Å²) in [6.45, 7) is 10.1. The molecular weight excluding hydrogens is 265 g/mol. The molecule has 0 spiro atoms. The molecule has 0 radical (unpaired) electrons. The molecule has 100 valence electrons. The molecule has 2 aliphatic heterocycles. The third kappa shape index (κ3) is 1.69. The molecule has 1 saturated heterocycles. The molecule has 3 rings (SSSR count). The van der Waals surface area contributed by atoms with Crippen molar-refractivity contribution in [1.82, 2.24) is 0 Å². The van der Waals surface area contributed by atoms with E-state index in [1.165, 1.54) is 0 Å². The monoisotopic (exact) mass is 285 g/mol. The van der Waals surface area contributed by atoms with Crippen LogP contribution < -0.4 is 9.19 Å². The molecule has 2 aliphatic rings. The molecule has 0 unspecified atom stereocenters. The number of anilines is 1. The second kappa shape index (κ2) is 3.48. The van der Waals surface area contributed by atoms with Gasteiger partial charge in [-0.25, -0.2) is 0 Å². The van der Waals surface area contributed by atoms with E-state index >= 15 is 0 Å². The van der Waals surface area contributed by atoms with Crippen LogP contribution in [0.3, 0.4) is 0 Å². The topological polar surface area (TPSA) is 30.9 Å². The van der Waals surface area contributed by atoms with Crippen molar-refractivity contribution in [2.75, 3.05) is 24.5 Å². The average Bonchev–Trinajstić information content (AvgIpc) is 2.64. The summed E-state index contributed by atoms with van der Waals surface area (Å²) in [4.78, 5) is 0. The first-order valence-corrected chi connectivity index (χ1v) is 12.1.